The molecule has 0 aromatic heterocycles. The molecule has 0 heterocycles. The maximum atomic E-state index is 5.55. The van der Waals surface area contributed by atoms with Crippen LogP contribution in [0.2, 0.25) is 0 Å². The van der Waals surface area contributed by atoms with Gasteiger partial charge in [0.25, 0.3) is 0 Å². The van der Waals surface area contributed by atoms with Crippen molar-refractivity contribution in [1.29, 1.82) is 0 Å². The van der Waals surface area contributed by atoms with Crippen LogP contribution in [0.1, 0.15) is 347 Å². The summed E-state index contributed by atoms with van der Waals surface area (Å²) in [5.74, 6) is 0. The van der Waals surface area contributed by atoms with Gasteiger partial charge < -0.3 is 0 Å². The molecule has 0 aliphatic heterocycles. The van der Waals surface area contributed by atoms with Crippen LogP contribution in [0.15, 0.2) is 82.8 Å². The van der Waals surface area contributed by atoms with Crippen molar-refractivity contribution in [2.75, 3.05) is 0 Å². The third kappa shape index (κ3) is 43.3. The Morgan fingerprint density at radius 1 is 0.280 bits per heavy atom. The zero-order chi connectivity index (χ0) is 52.7. The van der Waals surface area contributed by atoms with Crippen LogP contribution in [-0.2, 0) is 29.3 Å². The second kappa shape index (κ2) is 56.5. The first kappa shape index (κ1) is 70.8. The van der Waals surface area contributed by atoms with E-state index in [-0.39, 0.29) is 16.5 Å². The Hall–Kier alpha value is -2.25. The third-order valence-corrected chi connectivity index (χ3v) is 15.8. The maximum Gasteiger partial charge on any atom is 0.0665 e. The van der Waals surface area contributed by atoms with Gasteiger partial charge in [-0.3, -0.25) is 9.98 Å². The second-order valence-corrected chi connectivity index (χ2v) is 22.9. The van der Waals surface area contributed by atoms with E-state index in [1.807, 2.05) is 0 Å². The van der Waals surface area contributed by atoms with E-state index in [1.54, 1.807) is 0 Å². The number of para-hydroxylation sites is 2. The maximum absolute atomic E-state index is 5.55. The van der Waals surface area contributed by atoms with Crippen molar-refractivity contribution in [1.82, 2.24) is 0 Å². The minimum absolute atomic E-state index is 0. The van der Waals surface area contributed by atoms with E-state index in [2.05, 4.69) is 101 Å². The molecule has 0 saturated carbocycles. The van der Waals surface area contributed by atoms with Gasteiger partial charge in [-0.25, -0.2) is 0 Å². The molecule has 2 aromatic rings. The van der Waals surface area contributed by atoms with Crippen LogP contribution < -0.4 is 0 Å². The number of benzene rings is 2. The molecule has 0 N–H and O–H groups in total. The van der Waals surface area contributed by atoms with Crippen LogP contribution >= 0.6 is 0 Å². The Morgan fingerprint density at radius 3 is 0.827 bits per heavy atom. The predicted octanol–water partition coefficient (Wildman–Crippen LogP) is 25.5. The summed E-state index contributed by atoms with van der Waals surface area (Å²) in [5.41, 5.74) is 7.44. The van der Waals surface area contributed by atoms with E-state index in [9.17, 15) is 0 Å². The molecule has 432 valence electrons. The van der Waals surface area contributed by atoms with Crippen molar-refractivity contribution < 1.29 is 16.5 Å². The molecule has 0 spiro atoms. The summed E-state index contributed by atoms with van der Waals surface area (Å²) in [7, 11) is 0. The van der Waals surface area contributed by atoms with Crippen LogP contribution in [0, 0.1) is 0 Å². The van der Waals surface area contributed by atoms with Gasteiger partial charge in [-0.2, -0.15) is 0 Å². The summed E-state index contributed by atoms with van der Waals surface area (Å²) in [4.78, 5) is 11.1. The van der Waals surface area contributed by atoms with Crippen LogP contribution in [0.5, 0.6) is 0 Å². The first-order chi connectivity index (χ1) is 36.7. The van der Waals surface area contributed by atoms with E-state index < -0.39 is 0 Å². The zero-order valence-electron chi connectivity index (χ0n) is 50.5. The predicted molar refractivity (Wildman–Crippen MR) is 337 cm³/mol. The fourth-order valence-corrected chi connectivity index (χ4v) is 10.8. The molecule has 2 aromatic carbocycles. The standard InChI is InChI=1S/C72H124N2.Ni/c1-5-9-13-16-18-20-22-24-26-28-30-32-34-36-38-40-42-44-46-48-50-52-59-67-61-55-57-64-69(67)73-71(63-12-8-4)72(66-54-15-11-7-3)74-70-65-58-56-62-68(70)60-53-51-49-47-45-43-41-39-37-35-33-31-29-27-25-23-21-19-17-14-10-6-2;/h48-51,55-58,61-62,64-65H,5-47,52-54,59-60,63,66H2,1-4H3;/b50-48+,51-49+,73-71?,74-72?;. The number of allylic oxidation sites excluding steroid dienone is 4. The summed E-state index contributed by atoms with van der Waals surface area (Å²) < 4.78 is 0. The Kier molecular flexibility index (Phi) is 53.3. The van der Waals surface area contributed by atoms with Crippen molar-refractivity contribution in [2.45, 2.75) is 349 Å². The van der Waals surface area contributed by atoms with Gasteiger partial charge in [0.2, 0.25) is 0 Å². The van der Waals surface area contributed by atoms with Crippen molar-refractivity contribution in [3.05, 3.63) is 84.0 Å². The normalized spacial score (nSPS) is 12.2. The van der Waals surface area contributed by atoms with Crippen LogP contribution in [0.25, 0.3) is 0 Å². The molecule has 2 rings (SSSR count). The number of aryl methyl sites for hydroxylation is 2. The average molecular weight is 1080 g/mol. The van der Waals surface area contributed by atoms with Gasteiger partial charge >= 0.3 is 0 Å². The molecule has 3 heteroatoms. The molecular formula is C72H124N2Ni. The number of hydrogen-bond acceptors (Lipinski definition) is 2. The smallest absolute Gasteiger partial charge is 0.0665 e. The van der Waals surface area contributed by atoms with Crippen molar-refractivity contribution in [2.24, 2.45) is 9.98 Å². The van der Waals surface area contributed by atoms with E-state index >= 15 is 0 Å². The number of aliphatic imine (C=N–C) groups is 2. The molecule has 0 fully saturated rings. The summed E-state index contributed by atoms with van der Waals surface area (Å²) in [6.45, 7) is 9.24. The van der Waals surface area contributed by atoms with Gasteiger partial charge in [-0.1, -0.05) is 332 Å². The molecule has 0 atom stereocenters. The topological polar surface area (TPSA) is 24.7 Å². The number of unbranched alkanes of at least 4 members (excludes halogenated alkanes) is 40. The Bertz CT molecular complexity index is 1620. The van der Waals surface area contributed by atoms with Gasteiger partial charge in [0, 0.05) is 16.5 Å². The van der Waals surface area contributed by atoms with Gasteiger partial charge in [-0.15, -0.1) is 0 Å². The monoisotopic (exact) mass is 1070 g/mol. The minimum Gasteiger partial charge on any atom is -0.251 e. The molecule has 75 heavy (non-hydrogen) atoms. The number of hydrogen-bond donors (Lipinski definition) is 0. The average Bonchev–Trinajstić information content (AvgIpc) is 3.42. The fourth-order valence-electron chi connectivity index (χ4n) is 10.8. The molecule has 0 aliphatic carbocycles. The van der Waals surface area contributed by atoms with Gasteiger partial charge in [0.05, 0.1) is 22.8 Å². The van der Waals surface area contributed by atoms with Gasteiger partial charge in [0.15, 0.2) is 0 Å². The largest absolute Gasteiger partial charge is 0.251 e. The molecule has 0 aliphatic rings. The molecule has 0 unspecified atom stereocenters. The summed E-state index contributed by atoms with van der Waals surface area (Å²) >= 11 is 0. The first-order valence-electron chi connectivity index (χ1n) is 33.3. The van der Waals surface area contributed by atoms with Crippen molar-refractivity contribution >= 4 is 22.8 Å². The van der Waals surface area contributed by atoms with Crippen molar-refractivity contribution in [3.63, 3.8) is 0 Å². The summed E-state index contributed by atoms with van der Waals surface area (Å²) in [6.07, 6.45) is 77.3. The van der Waals surface area contributed by atoms with E-state index in [4.69, 9.17) is 9.98 Å². The van der Waals surface area contributed by atoms with Crippen LogP contribution in [0.3, 0.4) is 0 Å². The first-order valence-corrected chi connectivity index (χ1v) is 33.3. The Morgan fingerprint density at radius 2 is 0.520 bits per heavy atom. The zero-order valence-corrected chi connectivity index (χ0v) is 51.5. The van der Waals surface area contributed by atoms with E-state index in [0.29, 0.717) is 0 Å². The second-order valence-electron chi connectivity index (χ2n) is 22.9. The molecule has 0 radical (unpaired) electrons. The van der Waals surface area contributed by atoms with Crippen LogP contribution in [-0.4, -0.2) is 11.4 Å². The fraction of sp³-hybridized carbons (Fsp3) is 0.750. The molecule has 0 bridgehead atoms. The molecule has 0 amide bonds. The third-order valence-electron chi connectivity index (χ3n) is 15.8. The van der Waals surface area contributed by atoms with Gasteiger partial charge in [0.1, 0.15) is 0 Å². The Labute approximate surface area is 479 Å². The minimum atomic E-state index is 0. The SMILES string of the molecule is CCCCCCCCCCCCCCCCCCCC/C=C/CCc1ccccc1N=C(CCCC)C(CCCCCC)=Nc1ccccc1CC/C=C/CCCCCCCCCCCCCCCCCCCC.[Ni]. The summed E-state index contributed by atoms with van der Waals surface area (Å²) in [6, 6.07) is 17.9. The number of rotatable bonds is 55. The molecule has 0 saturated heterocycles. The van der Waals surface area contributed by atoms with Gasteiger partial charge in [-0.05, 0) is 100 Å². The molecule has 2 nitrogen and oxygen atoms in total. The molecular weight excluding hydrogens is 951 g/mol. The Balaban J connectivity index is 0.0000281. The van der Waals surface area contributed by atoms with E-state index in [1.165, 1.54) is 292 Å². The number of nitrogens with zero attached hydrogens (tertiary/aromatic N) is 2. The van der Waals surface area contributed by atoms with Crippen molar-refractivity contribution in [3.8, 4) is 0 Å². The van der Waals surface area contributed by atoms with E-state index in [0.717, 1.165) is 62.7 Å². The van der Waals surface area contributed by atoms with Crippen LogP contribution in [0.4, 0.5) is 11.4 Å². The summed E-state index contributed by atoms with van der Waals surface area (Å²) in [5, 5.41) is 0. The quantitative estimate of drug-likeness (QED) is 0.0273.